The molecule has 11 nitrogen and oxygen atoms in total. The highest BCUT2D eigenvalue weighted by molar-refractivity contribution is 6.11. The first-order valence-corrected chi connectivity index (χ1v) is 14.8. The zero-order chi connectivity index (χ0) is 31.6. The SMILES string of the molecule is Cc1ccc(NC(=O)c2ccc(C(=O)N(C)c3ccccc3OCCCCCC(=O)N3CCN(C)CC3)c([N+](=O)[O-])c2)cc1. The van der Waals surface area contributed by atoms with E-state index in [-0.39, 0.29) is 17.0 Å². The van der Waals surface area contributed by atoms with Gasteiger partial charge in [0.15, 0.2) is 0 Å². The van der Waals surface area contributed by atoms with Crippen LogP contribution in [-0.2, 0) is 4.79 Å². The third-order valence-electron chi connectivity index (χ3n) is 7.68. The van der Waals surface area contributed by atoms with Gasteiger partial charge in [-0.15, -0.1) is 0 Å². The molecule has 0 unspecified atom stereocenters. The van der Waals surface area contributed by atoms with E-state index in [0.29, 0.717) is 30.2 Å². The highest BCUT2D eigenvalue weighted by atomic mass is 16.6. The van der Waals surface area contributed by atoms with Crippen LogP contribution in [0.4, 0.5) is 17.1 Å². The monoisotopic (exact) mass is 601 g/mol. The molecule has 0 atom stereocenters. The van der Waals surface area contributed by atoms with Gasteiger partial charge in [-0.25, -0.2) is 0 Å². The van der Waals surface area contributed by atoms with E-state index in [4.69, 9.17) is 4.74 Å². The predicted molar refractivity (Wildman–Crippen MR) is 169 cm³/mol. The Kier molecular flexibility index (Phi) is 11.0. The molecule has 0 aliphatic carbocycles. The fourth-order valence-corrected chi connectivity index (χ4v) is 4.94. The number of likely N-dealkylation sites (N-methyl/N-ethyl adjacent to an activating group) is 1. The van der Waals surface area contributed by atoms with Crippen molar-refractivity contribution in [2.45, 2.75) is 32.6 Å². The second-order valence-electron chi connectivity index (χ2n) is 11.0. The third-order valence-corrected chi connectivity index (χ3v) is 7.68. The van der Waals surface area contributed by atoms with E-state index < -0.39 is 22.4 Å². The first-order valence-electron chi connectivity index (χ1n) is 14.8. The molecule has 0 aromatic heterocycles. The lowest BCUT2D eigenvalue weighted by molar-refractivity contribution is -0.385. The number of unbranched alkanes of at least 4 members (excludes halogenated alkanes) is 2. The molecular weight excluding hydrogens is 562 g/mol. The summed E-state index contributed by atoms with van der Waals surface area (Å²) in [7, 11) is 3.58. The number of hydrogen-bond donors (Lipinski definition) is 1. The summed E-state index contributed by atoms with van der Waals surface area (Å²) in [4.78, 5) is 55.4. The number of nitro groups is 1. The van der Waals surface area contributed by atoms with E-state index in [1.807, 2.05) is 24.0 Å². The van der Waals surface area contributed by atoms with Gasteiger partial charge < -0.3 is 24.8 Å². The topological polar surface area (TPSA) is 125 Å². The molecule has 1 heterocycles. The van der Waals surface area contributed by atoms with Crippen LogP contribution in [-0.4, -0.2) is 79.3 Å². The summed E-state index contributed by atoms with van der Waals surface area (Å²) in [5.41, 5.74) is 1.48. The van der Waals surface area contributed by atoms with E-state index >= 15 is 0 Å². The van der Waals surface area contributed by atoms with Crippen LogP contribution < -0.4 is 15.0 Å². The number of piperazine rings is 1. The van der Waals surface area contributed by atoms with Crippen molar-refractivity contribution in [2.75, 3.05) is 57.1 Å². The summed E-state index contributed by atoms with van der Waals surface area (Å²) < 4.78 is 5.99. The Hall–Kier alpha value is -4.77. The number of ether oxygens (including phenoxy) is 1. The van der Waals surface area contributed by atoms with Crippen LogP contribution in [0, 0.1) is 17.0 Å². The average molecular weight is 602 g/mol. The fraction of sp³-hybridized carbons (Fsp3) is 0.364. The summed E-state index contributed by atoms with van der Waals surface area (Å²) in [5, 5.41) is 14.7. The normalized spacial score (nSPS) is 13.3. The number of carbonyl (C=O) groups is 3. The molecule has 1 N–H and O–H groups in total. The Morgan fingerprint density at radius 2 is 1.66 bits per heavy atom. The number of para-hydroxylation sites is 2. The molecule has 1 aliphatic heterocycles. The smallest absolute Gasteiger partial charge is 0.282 e. The van der Waals surface area contributed by atoms with Crippen molar-refractivity contribution < 1.29 is 24.0 Å². The Labute approximate surface area is 257 Å². The van der Waals surface area contributed by atoms with Gasteiger partial charge in [-0.05, 0) is 69.6 Å². The van der Waals surface area contributed by atoms with Crippen molar-refractivity contribution in [1.29, 1.82) is 0 Å². The molecule has 1 aliphatic rings. The van der Waals surface area contributed by atoms with Gasteiger partial charge in [-0.1, -0.05) is 29.8 Å². The highest BCUT2D eigenvalue weighted by Gasteiger charge is 2.27. The van der Waals surface area contributed by atoms with Crippen LogP contribution in [0.1, 0.15) is 52.0 Å². The Morgan fingerprint density at radius 1 is 0.955 bits per heavy atom. The summed E-state index contributed by atoms with van der Waals surface area (Å²) >= 11 is 0. The quantitative estimate of drug-likeness (QED) is 0.173. The fourth-order valence-electron chi connectivity index (χ4n) is 4.94. The van der Waals surface area contributed by atoms with Gasteiger partial charge in [0.1, 0.15) is 11.3 Å². The minimum atomic E-state index is -0.666. The van der Waals surface area contributed by atoms with Crippen LogP contribution in [0.2, 0.25) is 0 Å². The molecule has 3 amide bonds. The molecule has 0 bridgehead atoms. The third kappa shape index (κ3) is 8.41. The van der Waals surface area contributed by atoms with Crippen LogP contribution in [0.25, 0.3) is 0 Å². The Balaban J connectivity index is 1.35. The summed E-state index contributed by atoms with van der Waals surface area (Å²) in [6.07, 6.45) is 2.85. The molecule has 4 rings (SSSR count). The number of nitro benzene ring substituents is 1. The lowest BCUT2D eigenvalue weighted by atomic mass is 10.1. The zero-order valence-electron chi connectivity index (χ0n) is 25.5. The average Bonchev–Trinajstić information content (AvgIpc) is 3.03. The molecule has 0 saturated carbocycles. The van der Waals surface area contributed by atoms with Gasteiger partial charge in [-0.2, -0.15) is 0 Å². The number of amides is 3. The zero-order valence-corrected chi connectivity index (χ0v) is 25.5. The molecule has 0 spiro atoms. The number of hydrogen-bond acceptors (Lipinski definition) is 7. The van der Waals surface area contributed by atoms with Gasteiger partial charge in [0.2, 0.25) is 5.91 Å². The largest absolute Gasteiger partial charge is 0.491 e. The lowest BCUT2D eigenvalue weighted by Gasteiger charge is -2.32. The van der Waals surface area contributed by atoms with Crippen LogP contribution in [0.5, 0.6) is 5.75 Å². The second-order valence-corrected chi connectivity index (χ2v) is 11.0. The number of benzene rings is 3. The molecule has 1 fully saturated rings. The van der Waals surface area contributed by atoms with E-state index in [9.17, 15) is 24.5 Å². The maximum Gasteiger partial charge on any atom is 0.282 e. The van der Waals surface area contributed by atoms with Gasteiger partial charge in [0.05, 0.1) is 17.2 Å². The lowest BCUT2D eigenvalue weighted by Crippen LogP contribution is -2.47. The van der Waals surface area contributed by atoms with Gasteiger partial charge in [-0.3, -0.25) is 24.5 Å². The number of nitrogens with zero attached hydrogens (tertiary/aromatic N) is 4. The van der Waals surface area contributed by atoms with Gasteiger partial charge in [0, 0.05) is 57.0 Å². The van der Waals surface area contributed by atoms with Gasteiger partial charge in [0.25, 0.3) is 17.5 Å². The van der Waals surface area contributed by atoms with E-state index in [1.165, 1.54) is 24.1 Å². The number of rotatable bonds is 12. The summed E-state index contributed by atoms with van der Waals surface area (Å²) in [6.45, 7) is 5.68. The molecule has 3 aromatic rings. The maximum atomic E-state index is 13.5. The minimum absolute atomic E-state index is 0.0606. The van der Waals surface area contributed by atoms with Gasteiger partial charge >= 0.3 is 0 Å². The molecular formula is C33H39N5O6. The molecule has 44 heavy (non-hydrogen) atoms. The second kappa shape index (κ2) is 15.1. The Bertz CT molecular complexity index is 1480. The molecule has 232 valence electrons. The first kappa shape index (κ1) is 32.2. The highest BCUT2D eigenvalue weighted by Crippen LogP contribution is 2.31. The number of carbonyl (C=O) groups excluding carboxylic acids is 3. The summed E-state index contributed by atoms with van der Waals surface area (Å²) in [5.74, 6) is -0.473. The standard InChI is InChI=1S/C33H39N5O6/c1-24-12-15-26(16-13-24)34-32(40)25-14-17-27(29(23-25)38(42)43)33(41)36(3)28-9-6-7-10-30(28)44-22-8-4-5-11-31(39)37-20-18-35(2)19-21-37/h6-7,9-10,12-17,23H,4-5,8,11,18-22H2,1-3H3,(H,34,40). The van der Waals surface area contributed by atoms with E-state index in [2.05, 4.69) is 17.3 Å². The number of aryl methyl sites for hydroxylation is 1. The van der Waals surface area contributed by atoms with Crippen molar-refractivity contribution in [3.63, 3.8) is 0 Å². The van der Waals surface area contributed by atoms with Crippen molar-refractivity contribution in [1.82, 2.24) is 9.80 Å². The van der Waals surface area contributed by atoms with E-state index in [1.54, 1.807) is 36.4 Å². The molecule has 0 radical (unpaired) electrons. The number of nitrogens with one attached hydrogen (secondary N) is 1. The van der Waals surface area contributed by atoms with E-state index in [0.717, 1.165) is 57.1 Å². The molecule has 1 saturated heterocycles. The van der Waals surface area contributed by atoms with Crippen LogP contribution in [0.15, 0.2) is 66.7 Å². The van der Waals surface area contributed by atoms with Crippen molar-refractivity contribution in [3.8, 4) is 5.75 Å². The van der Waals surface area contributed by atoms with Crippen molar-refractivity contribution >= 4 is 34.8 Å². The number of anilines is 2. The maximum absolute atomic E-state index is 13.5. The van der Waals surface area contributed by atoms with Crippen molar-refractivity contribution in [2.24, 2.45) is 0 Å². The first-order chi connectivity index (χ1) is 21.1. The molecule has 11 heteroatoms. The van der Waals surface area contributed by atoms with Crippen molar-refractivity contribution in [3.05, 3.63) is 93.5 Å². The molecule has 3 aromatic carbocycles. The predicted octanol–water partition coefficient (Wildman–Crippen LogP) is 5.15. The van der Waals surface area contributed by atoms with Crippen LogP contribution in [0.3, 0.4) is 0 Å². The van der Waals surface area contributed by atoms with Crippen LogP contribution >= 0.6 is 0 Å². The minimum Gasteiger partial charge on any atom is -0.491 e. The summed E-state index contributed by atoms with van der Waals surface area (Å²) in [6, 6.07) is 18.0. The Morgan fingerprint density at radius 3 is 2.36 bits per heavy atom.